The molecule has 2 N–H and O–H groups in total. The first-order valence-corrected chi connectivity index (χ1v) is 9.56. The number of nitrogens with one attached hydrogen (secondary N) is 2. The zero-order valence-corrected chi connectivity index (χ0v) is 15.9. The van der Waals surface area contributed by atoms with Crippen molar-refractivity contribution in [1.82, 2.24) is 20.0 Å². The van der Waals surface area contributed by atoms with E-state index in [1.165, 1.54) is 4.90 Å². The molecule has 2 atom stereocenters. The lowest BCUT2D eigenvalue weighted by Gasteiger charge is -2.45. The van der Waals surface area contributed by atoms with Crippen LogP contribution < -0.4 is 10.6 Å². The van der Waals surface area contributed by atoms with E-state index < -0.39 is 0 Å². The highest BCUT2D eigenvalue weighted by atomic mass is 16.5. The molecule has 0 bridgehead atoms. The molecule has 3 saturated heterocycles. The Hall–Kier alpha value is -2.65. The van der Waals surface area contributed by atoms with Gasteiger partial charge in [-0.2, -0.15) is 0 Å². The van der Waals surface area contributed by atoms with Gasteiger partial charge in [0.25, 0.3) is 0 Å². The van der Waals surface area contributed by atoms with E-state index in [0.29, 0.717) is 18.8 Å². The Labute approximate surface area is 163 Å². The zero-order chi connectivity index (χ0) is 19.7. The third kappa shape index (κ3) is 3.81. The summed E-state index contributed by atoms with van der Waals surface area (Å²) >= 11 is 0. The molecule has 28 heavy (non-hydrogen) atoms. The van der Waals surface area contributed by atoms with Crippen LogP contribution in [0.4, 0.5) is 15.3 Å². The predicted octanol–water partition coefficient (Wildman–Crippen LogP) is 0.675. The first-order chi connectivity index (χ1) is 13.5. The normalized spacial score (nSPS) is 25.5. The van der Waals surface area contributed by atoms with Gasteiger partial charge in [-0.1, -0.05) is 12.1 Å². The fraction of sp³-hybridized carbons (Fsp3) is 0.526. The highest BCUT2D eigenvalue weighted by Gasteiger charge is 2.37. The van der Waals surface area contributed by atoms with E-state index in [1.54, 1.807) is 18.2 Å². The lowest BCUT2D eigenvalue weighted by Crippen LogP contribution is -2.60. The van der Waals surface area contributed by atoms with Gasteiger partial charge in [-0.25, -0.2) is 9.59 Å². The van der Waals surface area contributed by atoms with Gasteiger partial charge in [0.15, 0.2) is 0 Å². The Balaban J connectivity index is 1.38. The van der Waals surface area contributed by atoms with Gasteiger partial charge in [0.2, 0.25) is 5.91 Å². The number of morpholine rings is 1. The minimum atomic E-state index is -0.388. The Morgan fingerprint density at radius 1 is 1.32 bits per heavy atom. The zero-order valence-electron chi connectivity index (χ0n) is 15.9. The Kier molecular flexibility index (Phi) is 5.19. The van der Waals surface area contributed by atoms with Gasteiger partial charge >= 0.3 is 12.1 Å². The fourth-order valence-electron chi connectivity index (χ4n) is 3.97. The molecule has 5 amide bonds. The summed E-state index contributed by atoms with van der Waals surface area (Å²) in [6.07, 6.45) is 1.02. The quantitative estimate of drug-likeness (QED) is 0.744. The van der Waals surface area contributed by atoms with Gasteiger partial charge in [0.05, 0.1) is 31.8 Å². The lowest BCUT2D eigenvalue weighted by molar-refractivity contribution is -0.125. The number of urea groups is 2. The lowest BCUT2D eigenvalue weighted by atomic mass is 9.99. The van der Waals surface area contributed by atoms with Gasteiger partial charge in [0, 0.05) is 25.3 Å². The minimum absolute atomic E-state index is 0.0323. The van der Waals surface area contributed by atoms with Gasteiger partial charge in [-0.05, 0) is 31.2 Å². The van der Waals surface area contributed by atoms with Crippen molar-refractivity contribution in [2.24, 2.45) is 0 Å². The molecular formula is C19H25N5O4. The monoisotopic (exact) mass is 387 g/mol. The van der Waals surface area contributed by atoms with Crippen LogP contribution in [-0.2, 0) is 16.1 Å². The number of nitrogens with zero attached hydrogens (tertiary/aromatic N) is 3. The summed E-state index contributed by atoms with van der Waals surface area (Å²) in [5.74, 6) is -0.249. The number of anilines is 1. The van der Waals surface area contributed by atoms with E-state index in [2.05, 4.69) is 22.6 Å². The average molecular weight is 387 g/mol. The summed E-state index contributed by atoms with van der Waals surface area (Å²) in [6, 6.07) is 6.91. The number of imide groups is 1. The highest BCUT2D eigenvalue weighted by molar-refractivity contribution is 6.01. The molecule has 2 unspecified atom stereocenters. The summed E-state index contributed by atoms with van der Waals surface area (Å²) in [7, 11) is 2.07. The molecule has 0 aromatic heterocycles. The minimum Gasteiger partial charge on any atom is -0.375 e. The number of amides is 5. The molecule has 9 nitrogen and oxygen atoms in total. The number of carbonyl (C=O) groups is 3. The van der Waals surface area contributed by atoms with Crippen LogP contribution in [0, 0.1) is 0 Å². The van der Waals surface area contributed by atoms with Gasteiger partial charge in [-0.15, -0.1) is 0 Å². The Morgan fingerprint density at radius 3 is 2.96 bits per heavy atom. The summed E-state index contributed by atoms with van der Waals surface area (Å²) < 4.78 is 5.83. The van der Waals surface area contributed by atoms with E-state index in [1.807, 2.05) is 11.0 Å². The maximum atomic E-state index is 12.7. The first kappa shape index (κ1) is 18.7. The van der Waals surface area contributed by atoms with Crippen molar-refractivity contribution in [2.75, 3.05) is 45.2 Å². The van der Waals surface area contributed by atoms with Crippen molar-refractivity contribution in [3.8, 4) is 0 Å². The summed E-state index contributed by atoms with van der Waals surface area (Å²) in [5.41, 5.74) is 1.42. The molecule has 9 heteroatoms. The van der Waals surface area contributed by atoms with Crippen LogP contribution in [0.5, 0.6) is 0 Å². The average Bonchev–Trinajstić information content (AvgIpc) is 3.00. The smallest absolute Gasteiger partial charge is 0.324 e. The first-order valence-electron chi connectivity index (χ1n) is 9.56. The molecule has 0 spiro atoms. The maximum absolute atomic E-state index is 12.7. The molecule has 3 aliphatic heterocycles. The van der Waals surface area contributed by atoms with Crippen LogP contribution in [0.3, 0.4) is 0 Å². The second kappa shape index (κ2) is 7.76. The number of fused-ring (bicyclic) bond motifs is 1. The standard InChI is InChI=1S/C19H25N5O4/c1-22-7-8-28-16-5-6-23(12-15(16)22)19(27)21-14-4-2-3-13(9-14)11-24-17(25)10-20-18(24)26/h2-4,9,15-16H,5-8,10-12H2,1H3,(H,20,26)(H,21,27). The van der Waals surface area contributed by atoms with Crippen LogP contribution in [0.25, 0.3) is 0 Å². The molecule has 1 aromatic carbocycles. The van der Waals surface area contributed by atoms with Crippen LogP contribution >= 0.6 is 0 Å². The van der Waals surface area contributed by atoms with Crippen molar-refractivity contribution in [2.45, 2.75) is 25.1 Å². The number of likely N-dealkylation sites (N-methyl/N-ethyl adjacent to an activating group) is 1. The van der Waals surface area contributed by atoms with Gasteiger partial charge in [-0.3, -0.25) is 14.6 Å². The van der Waals surface area contributed by atoms with E-state index >= 15 is 0 Å². The number of carbonyl (C=O) groups excluding carboxylic acids is 3. The van der Waals surface area contributed by atoms with Crippen molar-refractivity contribution in [3.63, 3.8) is 0 Å². The second-order valence-corrected chi connectivity index (χ2v) is 7.46. The van der Waals surface area contributed by atoms with Gasteiger partial charge < -0.3 is 20.3 Å². The fourth-order valence-corrected chi connectivity index (χ4v) is 3.97. The number of likely N-dealkylation sites (tertiary alicyclic amines) is 1. The van der Waals surface area contributed by atoms with E-state index in [-0.39, 0.29) is 43.2 Å². The largest absolute Gasteiger partial charge is 0.375 e. The predicted molar refractivity (Wildman–Crippen MR) is 102 cm³/mol. The molecule has 3 aliphatic rings. The summed E-state index contributed by atoms with van der Waals surface area (Å²) in [6.45, 7) is 3.13. The number of hydrogen-bond donors (Lipinski definition) is 2. The maximum Gasteiger partial charge on any atom is 0.324 e. The molecule has 150 valence electrons. The number of hydrogen-bond acceptors (Lipinski definition) is 5. The SMILES string of the molecule is CN1CCOC2CCN(C(=O)Nc3cccc(CN4C(=O)CNC4=O)c3)CC21. The van der Waals surface area contributed by atoms with Crippen molar-refractivity contribution in [3.05, 3.63) is 29.8 Å². The Morgan fingerprint density at radius 2 is 2.18 bits per heavy atom. The molecule has 1 aromatic rings. The number of benzene rings is 1. The number of ether oxygens (including phenoxy) is 1. The molecule has 0 aliphatic carbocycles. The van der Waals surface area contributed by atoms with Gasteiger partial charge in [0.1, 0.15) is 0 Å². The van der Waals surface area contributed by atoms with Crippen molar-refractivity contribution < 1.29 is 19.1 Å². The molecule has 0 radical (unpaired) electrons. The molecule has 0 saturated carbocycles. The summed E-state index contributed by atoms with van der Waals surface area (Å²) in [5, 5.41) is 5.44. The molecule has 3 fully saturated rings. The highest BCUT2D eigenvalue weighted by Crippen LogP contribution is 2.23. The Bertz CT molecular complexity index is 769. The second-order valence-electron chi connectivity index (χ2n) is 7.46. The summed E-state index contributed by atoms with van der Waals surface area (Å²) in [4.78, 5) is 41.4. The molecular weight excluding hydrogens is 362 g/mol. The van der Waals surface area contributed by atoms with Crippen LogP contribution in [0.15, 0.2) is 24.3 Å². The van der Waals surface area contributed by atoms with Crippen LogP contribution in [0.1, 0.15) is 12.0 Å². The number of piperidine rings is 1. The molecule has 4 rings (SSSR count). The van der Waals surface area contributed by atoms with E-state index in [0.717, 1.165) is 25.1 Å². The van der Waals surface area contributed by atoms with E-state index in [9.17, 15) is 14.4 Å². The third-order valence-corrected chi connectivity index (χ3v) is 5.61. The third-order valence-electron chi connectivity index (χ3n) is 5.61. The van der Waals surface area contributed by atoms with E-state index in [4.69, 9.17) is 4.74 Å². The van der Waals surface area contributed by atoms with Crippen LogP contribution in [-0.4, -0.2) is 84.6 Å². The van der Waals surface area contributed by atoms with Crippen molar-refractivity contribution >= 4 is 23.7 Å². The topological polar surface area (TPSA) is 94.2 Å². The van der Waals surface area contributed by atoms with Crippen molar-refractivity contribution in [1.29, 1.82) is 0 Å². The van der Waals surface area contributed by atoms with Crippen LogP contribution in [0.2, 0.25) is 0 Å². The molecule has 3 heterocycles. The number of rotatable bonds is 3.